The minimum atomic E-state index is -0.282. The fraction of sp³-hybridized carbons (Fsp3) is 0.360. The first-order valence-electron chi connectivity index (χ1n) is 11.4. The van der Waals surface area contributed by atoms with Crippen LogP contribution < -0.4 is 15.0 Å². The number of rotatable bonds is 7. The van der Waals surface area contributed by atoms with E-state index in [9.17, 15) is 9.18 Å². The van der Waals surface area contributed by atoms with E-state index in [1.807, 2.05) is 0 Å². The third-order valence-corrected chi connectivity index (χ3v) is 6.49. The van der Waals surface area contributed by atoms with Crippen LogP contribution >= 0.6 is 11.3 Å². The molecule has 34 heavy (non-hydrogen) atoms. The van der Waals surface area contributed by atoms with Crippen LogP contribution in [0.25, 0.3) is 11.3 Å². The predicted molar refractivity (Wildman–Crippen MR) is 134 cm³/mol. The Kier molecular flexibility index (Phi) is 7.97. The first kappa shape index (κ1) is 24.0. The Hall–Kier alpha value is -3.17. The van der Waals surface area contributed by atoms with Gasteiger partial charge in [-0.2, -0.15) is 0 Å². The number of nitrogens with zero attached hydrogens (tertiary/aromatic N) is 4. The van der Waals surface area contributed by atoms with Crippen molar-refractivity contribution in [3.8, 4) is 11.3 Å². The summed E-state index contributed by atoms with van der Waals surface area (Å²) in [5, 5.41) is 5.01. The topological polar surface area (TPSA) is 62.1 Å². The molecule has 0 spiro atoms. The van der Waals surface area contributed by atoms with E-state index in [-0.39, 0.29) is 11.8 Å². The maximum Gasteiger partial charge on any atom is 0.316 e. The molecule has 1 saturated heterocycles. The Bertz CT molecular complexity index is 1150. The zero-order valence-corrected chi connectivity index (χ0v) is 20.4. The first-order chi connectivity index (χ1) is 16.5. The number of hydrogen-bond acceptors (Lipinski definition) is 5. The van der Waals surface area contributed by atoms with E-state index in [4.69, 9.17) is 9.73 Å². The number of aromatic nitrogens is 1. The standard InChI is InChI=1S/C25H30FN5O2S/c1-29(2)24(32)27-12-3-13-31-23(18-34-25(31)28-21-8-6-20(26)7-9-21)19-4-10-22(11-5-19)30-14-16-33-17-15-30/h4-11,18H,3,12-17H2,1-2H3,(H,27,32)/b28-25+. The minimum Gasteiger partial charge on any atom is -0.378 e. The molecule has 1 N–H and O–H groups in total. The molecular weight excluding hydrogens is 453 g/mol. The summed E-state index contributed by atoms with van der Waals surface area (Å²) in [4.78, 5) is 21.3. The Morgan fingerprint density at radius 3 is 2.50 bits per heavy atom. The van der Waals surface area contributed by atoms with E-state index in [1.54, 1.807) is 37.6 Å². The molecule has 0 aliphatic carbocycles. The SMILES string of the molecule is CN(C)C(=O)NCCCn1c(-c2ccc(N3CCOCC3)cc2)cs/c1=N/c1ccc(F)cc1. The fourth-order valence-corrected chi connectivity index (χ4v) is 4.70. The van der Waals surface area contributed by atoms with Crippen LogP contribution in [0.3, 0.4) is 0 Å². The van der Waals surface area contributed by atoms with Crippen LogP contribution in [0.4, 0.5) is 20.6 Å². The summed E-state index contributed by atoms with van der Waals surface area (Å²) >= 11 is 1.55. The second-order valence-electron chi connectivity index (χ2n) is 8.27. The second kappa shape index (κ2) is 11.3. The number of hydrogen-bond donors (Lipinski definition) is 1. The lowest BCUT2D eigenvalue weighted by atomic mass is 10.1. The molecule has 2 heterocycles. The predicted octanol–water partition coefficient (Wildman–Crippen LogP) is 4.09. The summed E-state index contributed by atoms with van der Waals surface area (Å²) in [5.74, 6) is -0.282. The number of ether oxygens (including phenoxy) is 1. The molecule has 0 bridgehead atoms. The highest BCUT2D eigenvalue weighted by atomic mass is 32.1. The summed E-state index contributed by atoms with van der Waals surface area (Å²) in [6.45, 7) is 4.56. The molecule has 2 aromatic carbocycles. The summed E-state index contributed by atoms with van der Waals surface area (Å²) < 4.78 is 21.0. The summed E-state index contributed by atoms with van der Waals surface area (Å²) in [6, 6.07) is 14.6. The third-order valence-electron chi connectivity index (χ3n) is 5.63. The van der Waals surface area contributed by atoms with Crippen molar-refractivity contribution in [3.05, 3.63) is 64.5 Å². The van der Waals surface area contributed by atoms with Crippen molar-refractivity contribution < 1.29 is 13.9 Å². The van der Waals surface area contributed by atoms with Crippen molar-refractivity contribution in [1.29, 1.82) is 0 Å². The summed E-state index contributed by atoms with van der Waals surface area (Å²) in [6.07, 6.45) is 0.756. The molecule has 0 unspecified atom stereocenters. The van der Waals surface area contributed by atoms with Gasteiger partial charge in [-0.25, -0.2) is 14.2 Å². The largest absolute Gasteiger partial charge is 0.378 e. The van der Waals surface area contributed by atoms with Crippen LogP contribution in [0.1, 0.15) is 6.42 Å². The molecule has 0 saturated carbocycles. The quantitative estimate of drug-likeness (QED) is 0.515. The number of thiazole rings is 1. The van der Waals surface area contributed by atoms with Gasteiger partial charge in [-0.15, -0.1) is 11.3 Å². The molecule has 180 valence electrons. The van der Waals surface area contributed by atoms with E-state index in [1.165, 1.54) is 22.7 Å². The lowest BCUT2D eigenvalue weighted by Gasteiger charge is -2.28. The van der Waals surface area contributed by atoms with Gasteiger partial charge in [0.05, 0.1) is 24.6 Å². The van der Waals surface area contributed by atoms with Crippen molar-refractivity contribution in [1.82, 2.24) is 14.8 Å². The normalized spacial score (nSPS) is 14.3. The molecular formula is C25H30FN5O2S. The minimum absolute atomic E-state index is 0.106. The number of carbonyl (C=O) groups is 1. The van der Waals surface area contributed by atoms with Gasteiger partial charge in [-0.1, -0.05) is 12.1 Å². The van der Waals surface area contributed by atoms with Gasteiger partial charge in [-0.3, -0.25) is 0 Å². The molecule has 2 amide bonds. The van der Waals surface area contributed by atoms with Gasteiger partial charge >= 0.3 is 6.03 Å². The number of urea groups is 1. The molecule has 7 nitrogen and oxygen atoms in total. The highest BCUT2D eigenvalue weighted by molar-refractivity contribution is 7.07. The molecule has 0 atom stereocenters. The molecule has 1 aliphatic heterocycles. The molecule has 9 heteroatoms. The van der Waals surface area contributed by atoms with Crippen molar-refractivity contribution in [2.75, 3.05) is 51.8 Å². The highest BCUT2D eigenvalue weighted by Crippen LogP contribution is 2.25. The van der Waals surface area contributed by atoms with Crippen LogP contribution in [0, 0.1) is 5.82 Å². The van der Waals surface area contributed by atoms with Gasteiger partial charge < -0.3 is 24.4 Å². The van der Waals surface area contributed by atoms with E-state index in [2.05, 4.69) is 44.4 Å². The van der Waals surface area contributed by atoms with Crippen LogP contribution in [-0.2, 0) is 11.3 Å². The van der Waals surface area contributed by atoms with Crippen molar-refractivity contribution in [3.63, 3.8) is 0 Å². The zero-order chi connectivity index (χ0) is 23.9. The van der Waals surface area contributed by atoms with Crippen LogP contribution in [0.5, 0.6) is 0 Å². The van der Waals surface area contributed by atoms with Gasteiger partial charge in [-0.05, 0) is 48.4 Å². The van der Waals surface area contributed by atoms with Crippen molar-refractivity contribution in [2.45, 2.75) is 13.0 Å². The number of nitrogens with one attached hydrogen (secondary N) is 1. The molecule has 1 fully saturated rings. The Balaban J connectivity index is 1.58. The molecule has 0 radical (unpaired) electrons. The fourth-order valence-electron chi connectivity index (χ4n) is 3.75. The maximum atomic E-state index is 13.3. The van der Waals surface area contributed by atoms with Gasteiger partial charge in [0.2, 0.25) is 0 Å². The van der Waals surface area contributed by atoms with Crippen LogP contribution in [0.2, 0.25) is 0 Å². The van der Waals surface area contributed by atoms with Crippen molar-refractivity contribution >= 4 is 28.7 Å². The van der Waals surface area contributed by atoms with Crippen molar-refractivity contribution in [2.24, 2.45) is 4.99 Å². The van der Waals surface area contributed by atoms with Gasteiger partial charge in [0.15, 0.2) is 4.80 Å². The smallest absolute Gasteiger partial charge is 0.316 e. The zero-order valence-electron chi connectivity index (χ0n) is 19.5. The average molecular weight is 484 g/mol. The number of morpholine rings is 1. The molecule has 3 aromatic rings. The summed E-state index contributed by atoms with van der Waals surface area (Å²) in [5.41, 5.74) is 4.06. The number of carbonyl (C=O) groups excluding carboxylic acids is 1. The van der Waals surface area contributed by atoms with Crippen LogP contribution in [-0.4, -0.2) is 62.4 Å². The van der Waals surface area contributed by atoms with Gasteiger partial charge in [0.25, 0.3) is 0 Å². The Labute approximate surface area is 203 Å². The number of halogens is 1. The van der Waals surface area contributed by atoms with E-state index < -0.39 is 0 Å². The summed E-state index contributed by atoms with van der Waals surface area (Å²) in [7, 11) is 3.45. The lowest BCUT2D eigenvalue weighted by molar-refractivity contribution is 0.122. The molecule has 1 aliphatic rings. The number of amides is 2. The van der Waals surface area contributed by atoms with Gasteiger partial charge in [0, 0.05) is 51.3 Å². The van der Waals surface area contributed by atoms with Gasteiger partial charge in [0.1, 0.15) is 5.82 Å². The van der Waals surface area contributed by atoms with Crippen LogP contribution in [0.15, 0.2) is 58.9 Å². The highest BCUT2D eigenvalue weighted by Gasteiger charge is 2.13. The average Bonchev–Trinajstić information content (AvgIpc) is 3.25. The Morgan fingerprint density at radius 1 is 1.12 bits per heavy atom. The van der Waals surface area contributed by atoms with E-state index in [0.29, 0.717) is 18.8 Å². The van der Waals surface area contributed by atoms with E-state index in [0.717, 1.165) is 48.8 Å². The number of benzene rings is 2. The first-order valence-corrected chi connectivity index (χ1v) is 12.3. The monoisotopic (exact) mass is 483 g/mol. The molecule has 4 rings (SSSR count). The molecule has 1 aromatic heterocycles. The lowest BCUT2D eigenvalue weighted by Crippen LogP contribution is -2.36. The number of anilines is 1. The second-order valence-corrected chi connectivity index (χ2v) is 9.11. The Morgan fingerprint density at radius 2 is 1.82 bits per heavy atom. The third kappa shape index (κ3) is 6.03. The maximum absolute atomic E-state index is 13.3. The van der Waals surface area contributed by atoms with E-state index >= 15 is 0 Å².